The van der Waals surface area contributed by atoms with Gasteiger partial charge in [-0.15, -0.1) is 0 Å². The number of carbonyl (C=O) groups excluding carboxylic acids is 2. The molecule has 0 bridgehead atoms. The molecule has 170 valence electrons. The number of rotatable bonds is 8. The Kier molecular flexibility index (Phi) is 6.60. The van der Waals surface area contributed by atoms with Gasteiger partial charge in [-0.25, -0.2) is 0 Å². The van der Waals surface area contributed by atoms with Crippen LogP contribution in [0.3, 0.4) is 0 Å². The number of benzene rings is 2. The number of amides is 2. The lowest BCUT2D eigenvalue weighted by Crippen LogP contribution is -2.36. The summed E-state index contributed by atoms with van der Waals surface area (Å²) in [5, 5.41) is 3.59. The molecule has 2 aromatic heterocycles. The van der Waals surface area contributed by atoms with Crippen molar-refractivity contribution in [3.63, 3.8) is 0 Å². The summed E-state index contributed by atoms with van der Waals surface area (Å²) in [6, 6.07) is 18.2. The van der Waals surface area contributed by atoms with Crippen molar-refractivity contribution in [2.75, 3.05) is 32.5 Å². The summed E-state index contributed by atoms with van der Waals surface area (Å²) >= 11 is 0. The van der Waals surface area contributed by atoms with Crippen LogP contribution in [-0.4, -0.2) is 48.8 Å². The number of nitrogens with one attached hydrogen (secondary N) is 1. The number of hydrogen-bond acceptors (Lipinski definition) is 5. The van der Waals surface area contributed by atoms with Gasteiger partial charge in [-0.05, 0) is 57.4 Å². The molecule has 0 radical (unpaired) electrons. The summed E-state index contributed by atoms with van der Waals surface area (Å²) in [7, 11) is 3.90. The van der Waals surface area contributed by atoms with Crippen molar-refractivity contribution in [3.05, 3.63) is 89.6 Å². The molecule has 0 atom stereocenters. The van der Waals surface area contributed by atoms with Gasteiger partial charge in [0.25, 0.3) is 11.8 Å². The minimum atomic E-state index is -0.316. The Morgan fingerprint density at radius 3 is 2.39 bits per heavy atom. The Hall–Kier alpha value is -3.84. The lowest BCUT2D eigenvalue weighted by Gasteiger charge is -2.23. The number of furan rings is 2. The van der Waals surface area contributed by atoms with Crippen molar-refractivity contribution in [1.29, 1.82) is 0 Å². The highest BCUT2D eigenvalue weighted by molar-refractivity contribution is 6.14. The van der Waals surface area contributed by atoms with E-state index < -0.39 is 0 Å². The van der Waals surface area contributed by atoms with Crippen molar-refractivity contribution in [2.24, 2.45) is 0 Å². The van der Waals surface area contributed by atoms with Crippen LogP contribution in [0, 0.1) is 6.92 Å². The number of fused-ring (bicyclic) bond motifs is 1. The van der Waals surface area contributed by atoms with E-state index in [0.717, 1.165) is 5.56 Å². The molecule has 0 aliphatic rings. The van der Waals surface area contributed by atoms with Crippen LogP contribution in [0.25, 0.3) is 11.0 Å². The van der Waals surface area contributed by atoms with E-state index in [-0.39, 0.29) is 17.6 Å². The first kappa shape index (κ1) is 22.4. The topological polar surface area (TPSA) is 78.9 Å². The Labute approximate surface area is 192 Å². The van der Waals surface area contributed by atoms with Crippen LogP contribution < -0.4 is 5.32 Å². The number of hydrogen-bond donors (Lipinski definition) is 1. The molecule has 7 heteroatoms. The zero-order valence-electron chi connectivity index (χ0n) is 19.0. The maximum Gasteiger partial charge on any atom is 0.292 e. The molecule has 2 heterocycles. The quantitative estimate of drug-likeness (QED) is 0.422. The molecule has 0 spiro atoms. The highest BCUT2D eigenvalue weighted by Gasteiger charge is 2.27. The summed E-state index contributed by atoms with van der Waals surface area (Å²) in [4.78, 5) is 30.3. The monoisotopic (exact) mass is 445 g/mol. The van der Waals surface area contributed by atoms with Gasteiger partial charge in [0.2, 0.25) is 5.76 Å². The summed E-state index contributed by atoms with van der Waals surface area (Å²) in [6.45, 7) is 3.39. The molecular weight excluding hydrogens is 418 g/mol. The molecule has 0 aliphatic carbocycles. The zero-order valence-corrected chi connectivity index (χ0v) is 19.0. The standard InChI is InChI=1S/C26H27N3O4/c1-18-10-12-19(13-11-18)25(30)27-23-21-8-4-5-9-22(21)33-24(23)26(31)29(15-14-28(2)3)17-20-7-6-16-32-20/h4-13,16H,14-15,17H2,1-3H3,(H,27,30). The molecule has 4 rings (SSSR count). The van der Waals surface area contributed by atoms with Crippen LogP contribution in [0.1, 0.15) is 32.2 Å². The number of carbonyl (C=O) groups is 2. The fourth-order valence-electron chi connectivity index (χ4n) is 3.52. The van der Waals surface area contributed by atoms with Gasteiger partial charge in [0.1, 0.15) is 17.0 Å². The molecule has 0 aliphatic heterocycles. The first-order chi connectivity index (χ1) is 15.9. The van der Waals surface area contributed by atoms with Gasteiger partial charge < -0.3 is 24.0 Å². The van der Waals surface area contributed by atoms with E-state index in [1.165, 1.54) is 0 Å². The van der Waals surface area contributed by atoms with Crippen molar-refractivity contribution in [1.82, 2.24) is 9.80 Å². The molecule has 2 amide bonds. The van der Waals surface area contributed by atoms with Gasteiger partial charge >= 0.3 is 0 Å². The van der Waals surface area contributed by atoms with Crippen LogP contribution in [-0.2, 0) is 6.54 Å². The molecule has 1 N–H and O–H groups in total. The second-order valence-electron chi connectivity index (χ2n) is 8.23. The largest absolute Gasteiger partial charge is 0.467 e. The van der Waals surface area contributed by atoms with Gasteiger partial charge in [0.05, 0.1) is 12.8 Å². The molecule has 7 nitrogen and oxygen atoms in total. The Bertz CT molecular complexity index is 1240. The molecule has 0 saturated heterocycles. The number of likely N-dealkylation sites (N-methyl/N-ethyl adjacent to an activating group) is 1. The summed E-state index contributed by atoms with van der Waals surface area (Å²) < 4.78 is 11.4. The maximum atomic E-state index is 13.7. The summed E-state index contributed by atoms with van der Waals surface area (Å²) in [5.74, 6) is 0.149. The second-order valence-corrected chi connectivity index (χ2v) is 8.23. The van der Waals surface area contributed by atoms with E-state index >= 15 is 0 Å². The highest BCUT2D eigenvalue weighted by atomic mass is 16.4. The second kappa shape index (κ2) is 9.75. The number of aryl methyl sites for hydroxylation is 1. The fraction of sp³-hybridized carbons (Fsp3) is 0.231. The Balaban J connectivity index is 1.69. The van der Waals surface area contributed by atoms with Crippen molar-refractivity contribution in [3.8, 4) is 0 Å². The molecule has 0 saturated carbocycles. The highest BCUT2D eigenvalue weighted by Crippen LogP contribution is 2.32. The molecule has 33 heavy (non-hydrogen) atoms. The average Bonchev–Trinajstić information content (AvgIpc) is 3.44. The Morgan fingerprint density at radius 1 is 0.939 bits per heavy atom. The number of para-hydroxylation sites is 1. The van der Waals surface area contributed by atoms with Crippen molar-refractivity contribution >= 4 is 28.5 Å². The minimum Gasteiger partial charge on any atom is -0.467 e. The third kappa shape index (κ3) is 5.15. The lowest BCUT2D eigenvalue weighted by atomic mass is 10.1. The van der Waals surface area contributed by atoms with E-state index in [1.807, 2.05) is 62.3 Å². The first-order valence-corrected chi connectivity index (χ1v) is 10.8. The van der Waals surface area contributed by atoms with E-state index in [0.29, 0.717) is 47.6 Å². The van der Waals surface area contributed by atoms with Crippen LogP contribution in [0.4, 0.5) is 5.69 Å². The van der Waals surface area contributed by atoms with Gasteiger partial charge in [-0.3, -0.25) is 9.59 Å². The van der Waals surface area contributed by atoms with Gasteiger partial charge in [0.15, 0.2) is 0 Å². The summed E-state index contributed by atoms with van der Waals surface area (Å²) in [5.41, 5.74) is 2.47. The van der Waals surface area contributed by atoms with Crippen LogP contribution in [0.2, 0.25) is 0 Å². The fourth-order valence-corrected chi connectivity index (χ4v) is 3.52. The minimum absolute atomic E-state index is 0.0990. The third-order valence-corrected chi connectivity index (χ3v) is 5.37. The normalized spacial score (nSPS) is 11.2. The Morgan fingerprint density at radius 2 is 1.70 bits per heavy atom. The van der Waals surface area contributed by atoms with Crippen molar-refractivity contribution < 1.29 is 18.4 Å². The number of anilines is 1. The predicted molar refractivity (Wildman–Crippen MR) is 127 cm³/mol. The summed E-state index contributed by atoms with van der Waals surface area (Å²) in [6.07, 6.45) is 1.58. The van der Waals surface area contributed by atoms with Gasteiger partial charge in [-0.1, -0.05) is 29.8 Å². The molecule has 0 unspecified atom stereocenters. The van der Waals surface area contributed by atoms with E-state index in [4.69, 9.17) is 8.83 Å². The SMILES string of the molecule is Cc1ccc(C(=O)Nc2c(C(=O)N(CCN(C)C)Cc3ccco3)oc3ccccc23)cc1. The van der Waals surface area contributed by atoms with E-state index in [1.54, 1.807) is 35.4 Å². The van der Waals surface area contributed by atoms with Crippen molar-refractivity contribution in [2.45, 2.75) is 13.5 Å². The molecule has 2 aromatic carbocycles. The van der Waals surface area contributed by atoms with E-state index in [2.05, 4.69) is 5.32 Å². The zero-order chi connectivity index (χ0) is 23.4. The number of nitrogens with zero attached hydrogens (tertiary/aromatic N) is 2. The van der Waals surface area contributed by atoms with E-state index in [9.17, 15) is 9.59 Å². The smallest absolute Gasteiger partial charge is 0.292 e. The first-order valence-electron chi connectivity index (χ1n) is 10.8. The average molecular weight is 446 g/mol. The van der Waals surface area contributed by atoms with Crippen LogP contribution in [0.15, 0.2) is 75.8 Å². The molecular formula is C26H27N3O4. The van der Waals surface area contributed by atoms with Gasteiger partial charge in [-0.2, -0.15) is 0 Å². The maximum absolute atomic E-state index is 13.7. The molecule has 0 fully saturated rings. The lowest BCUT2D eigenvalue weighted by molar-refractivity contribution is 0.0691. The van der Waals surface area contributed by atoms with Crippen LogP contribution in [0.5, 0.6) is 0 Å². The predicted octanol–water partition coefficient (Wildman–Crippen LogP) is 4.79. The third-order valence-electron chi connectivity index (χ3n) is 5.37. The van der Waals surface area contributed by atoms with Gasteiger partial charge in [0, 0.05) is 24.0 Å². The molecule has 4 aromatic rings. The van der Waals surface area contributed by atoms with Crippen LogP contribution >= 0.6 is 0 Å².